The Bertz CT molecular complexity index is 787. The number of nitrogens with zero attached hydrogens (tertiary/aromatic N) is 2. The molecule has 0 spiro atoms. The van der Waals surface area contributed by atoms with Gasteiger partial charge in [0, 0.05) is 25.6 Å². The van der Waals surface area contributed by atoms with E-state index in [1.165, 1.54) is 13.1 Å². The average molecular weight is 382 g/mol. The summed E-state index contributed by atoms with van der Waals surface area (Å²) in [6.45, 7) is 0.500. The number of guanidine groups is 1. The number of halogens is 3. The summed E-state index contributed by atoms with van der Waals surface area (Å²) in [6, 6.07) is 2.84. The van der Waals surface area contributed by atoms with Crippen molar-refractivity contribution in [2.24, 2.45) is 16.6 Å². The van der Waals surface area contributed by atoms with Crippen LogP contribution >= 0.6 is 0 Å². The van der Waals surface area contributed by atoms with Gasteiger partial charge in [-0.25, -0.2) is 0 Å². The van der Waals surface area contributed by atoms with E-state index in [1.807, 2.05) is 0 Å². The molecule has 0 saturated heterocycles. The van der Waals surface area contributed by atoms with E-state index in [9.17, 15) is 22.8 Å². The molecule has 1 unspecified atom stereocenters. The second kappa shape index (κ2) is 7.21. The number of nitrogens with one attached hydrogen (secondary N) is 1. The Hall–Kier alpha value is -2.58. The largest absolute Gasteiger partial charge is 0.416 e. The first-order valence-corrected chi connectivity index (χ1v) is 8.75. The van der Waals surface area contributed by atoms with E-state index in [-0.39, 0.29) is 23.9 Å². The first-order valence-electron chi connectivity index (χ1n) is 8.75. The lowest BCUT2D eigenvalue weighted by atomic mass is 9.98. The number of carbonyl (C=O) groups is 2. The van der Waals surface area contributed by atoms with Gasteiger partial charge in [0.15, 0.2) is 5.96 Å². The van der Waals surface area contributed by atoms with Crippen LogP contribution in [0.1, 0.15) is 53.2 Å². The molecular weight excluding hydrogens is 361 g/mol. The Morgan fingerprint density at radius 2 is 2.07 bits per heavy atom. The maximum Gasteiger partial charge on any atom is 0.416 e. The van der Waals surface area contributed by atoms with Crippen molar-refractivity contribution in [3.05, 3.63) is 34.9 Å². The van der Waals surface area contributed by atoms with Crippen molar-refractivity contribution in [1.82, 2.24) is 10.2 Å². The maximum absolute atomic E-state index is 13.0. The number of amides is 2. The number of hydrogen-bond donors (Lipinski definition) is 2. The molecule has 2 aliphatic rings. The van der Waals surface area contributed by atoms with Crippen LogP contribution in [0.2, 0.25) is 0 Å². The van der Waals surface area contributed by atoms with Crippen molar-refractivity contribution >= 4 is 17.8 Å². The molecule has 0 bridgehead atoms. The van der Waals surface area contributed by atoms with Crippen LogP contribution in [0.25, 0.3) is 0 Å². The van der Waals surface area contributed by atoms with Crippen LogP contribution in [0.4, 0.5) is 13.2 Å². The van der Waals surface area contributed by atoms with E-state index in [0.717, 1.165) is 25.0 Å². The third-order valence-corrected chi connectivity index (χ3v) is 4.91. The number of fused-ring (bicyclic) bond motifs is 1. The fourth-order valence-corrected chi connectivity index (χ4v) is 3.30. The lowest BCUT2D eigenvalue weighted by Gasteiger charge is -2.25. The summed E-state index contributed by atoms with van der Waals surface area (Å²) < 4.78 is 39.0. The maximum atomic E-state index is 13.0. The highest BCUT2D eigenvalue weighted by atomic mass is 19.4. The smallest absolute Gasteiger partial charge is 0.370 e. The third-order valence-electron chi connectivity index (χ3n) is 4.91. The van der Waals surface area contributed by atoms with Crippen molar-refractivity contribution in [1.29, 1.82) is 0 Å². The second-order valence-electron chi connectivity index (χ2n) is 6.91. The number of hydrogen-bond acceptors (Lipinski definition) is 3. The van der Waals surface area contributed by atoms with Crippen LogP contribution in [-0.4, -0.2) is 36.3 Å². The molecule has 3 N–H and O–H groups in total. The zero-order valence-corrected chi connectivity index (χ0v) is 14.8. The van der Waals surface area contributed by atoms with Gasteiger partial charge in [0.2, 0.25) is 5.91 Å². The van der Waals surface area contributed by atoms with Crippen molar-refractivity contribution in [3.8, 4) is 0 Å². The fourth-order valence-electron chi connectivity index (χ4n) is 3.30. The van der Waals surface area contributed by atoms with Crippen molar-refractivity contribution in [2.45, 2.75) is 37.9 Å². The Kier molecular flexibility index (Phi) is 5.12. The van der Waals surface area contributed by atoms with Crippen LogP contribution in [0, 0.1) is 5.92 Å². The van der Waals surface area contributed by atoms with Crippen LogP contribution in [0.5, 0.6) is 0 Å². The summed E-state index contributed by atoms with van der Waals surface area (Å²) in [7, 11) is 1.44. The number of alkyl halides is 3. The SMILES string of the molecule is CN=C(N)NC(=O)CCC1c2ccc(C(F)(F)F)cc2C(=O)N1CC1CC1. The van der Waals surface area contributed by atoms with E-state index in [0.29, 0.717) is 24.4 Å². The highest BCUT2D eigenvalue weighted by Gasteiger charge is 2.41. The zero-order valence-electron chi connectivity index (χ0n) is 14.8. The van der Waals surface area contributed by atoms with E-state index in [1.54, 1.807) is 4.90 Å². The first-order chi connectivity index (χ1) is 12.7. The van der Waals surface area contributed by atoms with Gasteiger partial charge in [-0.2, -0.15) is 13.2 Å². The summed E-state index contributed by atoms with van der Waals surface area (Å²) in [5.74, 6) is -0.377. The lowest BCUT2D eigenvalue weighted by Crippen LogP contribution is -2.37. The molecule has 6 nitrogen and oxygen atoms in total. The number of carbonyl (C=O) groups excluding carboxylic acids is 2. The normalized spacial score (nSPS) is 20.0. The Labute approximate surface area is 154 Å². The van der Waals surface area contributed by atoms with Crippen molar-refractivity contribution < 1.29 is 22.8 Å². The Balaban J connectivity index is 1.82. The Morgan fingerprint density at radius 3 is 2.67 bits per heavy atom. The van der Waals surface area contributed by atoms with Gasteiger partial charge >= 0.3 is 6.18 Å². The summed E-state index contributed by atoms with van der Waals surface area (Å²) >= 11 is 0. The van der Waals surface area contributed by atoms with Gasteiger partial charge in [-0.3, -0.25) is 19.9 Å². The number of aliphatic imine (C=N–C) groups is 1. The number of rotatable bonds is 5. The van der Waals surface area contributed by atoms with Gasteiger partial charge in [0.05, 0.1) is 11.6 Å². The molecule has 1 aliphatic carbocycles. The quantitative estimate of drug-likeness (QED) is 0.606. The van der Waals surface area contributed by atoms with Crippen LogP contribution in [0.3, 0.4) is 0 Å². The molecular formula is C18H21F3N4O2. The summed E-state index contributed by atoms with van der Waals surface area (Å²) in [5.41, 5.74) is 5.24. The Morgan fingerprint density at radius 1 is 1.37 bits per heavy atom. The first kappa shape index (κ1) is 19.2. The molecule has 1 aromatic rings. The minimum atomic E-state index is -4.51. The van der Waals surface area contributed by atoms with Gasteiger partial charge in [0.25, 0.3) is 5.91 Å². The predicted octanol–water partition coefficient (Wildman–Crippen LogP) is 2.45. The molecule has 1 atom stereocenters. The van der Waals surface area contributed by atoms with Crippen molar-refractivity contribution in [3.63, 3.8) is 0 Å². The van der Waals surface area contributed by atoms with Gasteiger partial charge < -0.3 is 10.6 Å². The summed E-state index contributed by atoms with van der Waals surface area (Å²) in [6.07, 6.45) is -2.11. The molecule has 1 aliphatic heterocycles. The molecule has 1 aromatic carbocycles. The third kappa shape index (κ3) is 4.23. The molecule has 1 fully saturated rings. The molecule has 0 radical (unpaired) electrons. The highest BCUT2D eigenvalue weighted by Crippen LogP contribution is 2.42. The number of benzene rings is 1. The molecule has 1 heterocycles. The molecule has 27 heavy (non-hydrogen) atoms. The van der Waals surface area contributed by atoms with E-state index in [2.05, 4.69) is 10.3 Å². The van der Waals surface area contributed by atoms with E-state index in [4.69, 9.17) is 5.73 Å². The minimum absolute atomic E-state index is 0.00689. The zero-order chi connectivity index (χ0) is 19.8. The molecule has 3 rings (SSSR count). The van der Waals surface area contributed by atoms with Gasteiger partial charge in [0.1, 0.15) is 0 Å². The predicted molar refractivity (Wildman–Crippen MR) is 92.9 cm³/mol. The average Bonchev–Trinajstić information content (AvgIpc) is 3.39. The van der Waals surface area contributed by atoms with Crippen LogP contribution < -0.4 is 11.1 Å². The standard InChI is InChI=1S/C18H21F3N4O2/c1-23-17(22)24-15(26)7-6-14-12-5-4-11(18(19,20)21)8-13(12)16(27)25(14)9-10-2-3-10/h4-5,8,10,14H,2-3,6-7,9H2,1H3,(H3,22,23,24,26). The van der Waals surface area contributed by atoms with Crippen molar-refractivity contribution in [2.75, 3.05) is 13.6 Å². The molecule has 2 amide bonds. The fraction of sp³-hybridized carbons (Fsp3) is 0.500. The van der Waals surface area contributed by atoms with E-state index >= 15 is 0 Å². The molecule has 0 aromatic heterocycles. The van der Waals surface area contributed by atoms with Gasteiger partial charge in [-0.1, -0.05) is 6.07 Å². The summed E-state index contributed by atoms with van der Waals surface area (Å²) in [5, 5.41) is 2.42. The minimum Gasteiger partial charge on any atom is -0.370 e. The van der Waals surface area contributed by atoms with Crippen LogP contribution in [-0.2, 0) is 11.0 Å². The lowest BCUT2D eigenvalue weighted by molar-refractivity contribution is -0.137. The molecule has 1 saturated carbocycles. The molecule has 9 heteroatoms. The van der Waals surface area contributed by atoms with Gasteiger partial charge in [-0.05, 0) is 42.9 Å². The van der Waals surface area contributed by atoms with Crippen LogP contribution in [0.15, 0.2) is 23.2 Å². The number of nitrogens with two attached hydrogens (primary N) is 1. The van der Waals surface area contributed by atoms with E-state index < -0.39 is 23.7 Å². The highest BCUT2D eigenvalue weighted by molar-refractivity contribution is 6.00. The molecule has 146 valence electrons. The topological polar surface area (TPSA) is 87.8 Å². The second-order valence-corrected chi connectivity index (χ2v) is 6.91. The summed E-state index contributed by atoms with van der Waals surface area (Å²) in [4.78, 5) is 29.9. The monoisotopic (exact) mass is 382 g/mol. The van der Waals surface area contributed by atoms with Gasteiger partial charge in [-0.15, -0.1) is 0 Å².